The predicted molar refractivity (Wildman–Crippen MR) is 74.8 cm³/mol. The fraction of sp³-hybridized carbons (Fsp3) is 0.154. The van der Waals surface area contributed by atoms with Gasteiger partial charge in [0, 0.05) is 0 Å². The van der Waals surface area contributed by atoms with Gasteiger partial charge in [-0.15, -0.1) is 0 Å². The second kappa shape index (κ2) is 5.78. The lowest BCUT2D eigenvalue weighted by Gasteiger charge is -2.21. The number of carbonyl (C=O) groups is 1. The molecule has 21 heavy (non-hydrogen) atoms. The molecule has 0 radical (unpaired) electrons. The summed E-state index contributed by atoms with van der Waals surface area (Å²) in [6.45, 7) is -0.918. The highest BCUT2D eigenvalue weighted by atomic mass is 32.2. The van der Waals surface area contributed by atoms with Gasteiger partial charge in [0.05, 0.1) is 11.5 Å². The molecule has 1 atom stereocenters. The Balaban J connectivity index is 2.48. The molecule has 112 valence electrons. The standard InChI is InChI=1S/C13H14N2O5S/c14-13(17)12(8-16)15(18)21(19,20)11-6-5-9-3-1-2-4-10(9)7-11/h1-7,12,16,18H,8H2,(H2,14,17). The van der Waals surface area contributed by atoms with Gasteiger partial charge in [-0.2, -0.15) is 0 Å². The summed E-state index contributed by atoms with van der Waals surface area (Å²) >= 11 is 0. The highest BCUT2D eigenvalue weighted by Gasteiger charge is 2.33. The van der Waals surface area contributed by atoms with Crippen LogP contribution in [0.5, 0.6) is 0 Å². The summed E-state index contributed by atoms with van der Waals surface area (Å²) in [5.74, 6) is -1.15. The fourth-order valence-corrected chi connectivity index (χ4v) is 3.11. The minimum atomic E-state index is -4.36. The molecule has 1 unspecified atom stereocenters. The molecule has 2 aromatic carbocycles. The highest BCUT2D eigenvalue weighted by Crippen LogP contribution is 2.22. The van der Waals surface area contributed by atoms with Crippen LogP contribution in [0.15, 0.2) is 47.4 Å². The van der Waals surface area contributed by atoms with Gasteiger partial charge in [-0.1, -0.05) is 34.8 Å². The lowest BCUT2D eigenvalue weighted by Crippen LogP contribution is -2.48. The van der Waals surface area contributed by atoms with E-state index in [4.69, 9.17) is 10.8 Å². The van der Waals surface area contributed by atoms with Crippen molar-refractivity contribution in [2.75, 3.05) is 6.61 Å². The number of sulfonamides is 1. The third-order valence-corrected chi connectivity index (χ3v) is 4.63. The Labute approximate surface area is 121 Å². The van der Waals surface area contributed by atoms with Gasteiger partial charge in [0.25, 0.3) is 10.0 Å². The van der Waals surface area contributed by atoms with Crippen molar-refractivity contribution in [2.24, 2.45) is 5.73 Å². The molecule has 0 aliphatic rings. The van der Waals surface area contributed by atoms with Crippen molar-refractivity contribution >= 4 is 26.7 Å². The molecule has 0 aliphatic carbocycles. The molecule has 0 aliphatic heterocycles. The number of nitrogens with two attached hydrogens (primary N) is 1. The number of hydrogen-bond acceptors (Lipinski definition) is 5. The molecule has 0 heterocycles. The molecule has 8 heteroatoms. The Kier molecular flexibility index (Phi) is 4.24. The van der Waals surface area contributed by atoms with Gasteiger partial charge in [-0.25, -0.2) is 8.42 Å². The van der Waals surface area contributed by atoms with Crippen LogP contribution in [0, 0.1) is 0 Å². The number of hydroxylamine groups is 1. The van der Waals surface area contributed by atoms with Crippen LogP contribution >= 0.6 is 0 Å². The summed E-state index contributed by atoms with van der Waals surface area (Å²) in [5, 5.41) is 20.2. The lowest BCUT2D eigenvalue weighted by molar-refractivity contribution is -0.133. The molecule has 4 N–H and O–H groups in total. The van der Waals surface area contributed by atoms with Crippen molar-refractivity contribution in [2.45, 2.75) is 10.9 Å². The maximum Gasteiger partial charge on any atom is 0.265 e. The summed E-state index contributed by atoms with van der Waals surface area (Å²) in [6.07, 6.45) is 0. The largest absolute Gasteiger partial charge is 0.394 e. The summed E-state index contributed by atoms with van der Waals surface area (Å²) < 4.78 is 24.3. The van der Waals surface area contributed by atoms with E-state index in [0.29, 0.717) is 5.39 Å². The first-order valence-corrected chi connectivity index (χ1v) is 7.44. The van der Waals surface area contributed by atoms with Crippen LogP contribution in [0.4, 0.5) is 0 Å². The molecule has 0 saturated heterocycles. The van der Waals surface area contributed by atoms with Crippen LogP contribution in [0.1, 0.15) is 0 Å². The second-order valence-electron chi connectivity index (χ2n) is 4.39. The van der Waals surface area contributed by atoms with Crippen LogP contribution in [-0.4, -0.2) is 41.8 Å². The van der Waals surface area contributed by atoms with Crippen LogP contribution in [0.3, 0.4) is 0 Å². The van der Waals surface area contributed by atoms with Crippen molar-refractivity contribution in [1.82, 2.24) is 4.47 Å². The van der Waals surface area contributed by atoms with E-state index < -0.39 is 28.6 Å². The molecule has 0 aromatic heterocycles. The third kappa shape index (κ3) is 2.88. The molecule has 0 fully saturated rings. The van der Waals surface area contributed by atoms with E-state index in [9.17, 15) is 18.4 Å². The van der Waals surface area contributed by atoms with E-state index >= 15 is 0 Å². The number of primary amides is 1. The Morgan fingerprint density at radius 3 is 2.38 bits per heavy atom. The van der Waals surface area contributed by atoms with E-state index in [2.05, 4.69) is 0 Å². The van der Waals surface area contributed by atoms with Gasteiger partial charge in [0.15, 0.2) is 6.04 Å². The van der Waals surface area contributed by atoms with Crippen molar-refractivity contribution in [3.63, 3.8) is 0 Å². The van der Waals surface area contributed by atoms with E-state index in [1.54, 1.807) is 18.2 Å². The normalized spacial score (nSPS) is 13.5. The lowest BCUT2D eigenvalue weighted by atomic mass is 10.1. The molecule has 0 saturated carbocycles. The summed E-state index contributed by atoms with van der Waals surface area (Å²) in [5.41, 5.74) is 4.95. The van der Waals surface area contributed by atoms with E-state index in [1.807, 2.05) is 12.1 Å². The Morgan fingerprint density at radius 2 is 1.81 bits per heavy atom. The second-order valence-corrected chi connectivity index (χ2v) is 6.18. The van der Waals surface area contributed by atoms with Gasteiger partial charge in [0.1, 0.15) is 0 Å². The molecule has 2 rings (SSSR count). The van der Waals surface area contributed by atoms with Crippen molar-refractivity contribution < 1.29 is 23.5 Å². The van der Waals surface area contributed by atoms with Crippen molar-refractivity contribution in [3.05, 3.63) is 42.5 Å². The van der Waals surface area contributed by atoms with E-state index in [1.165, 1.54) is 12.1 Å². The summed E-state index contributed by atoms with van der Waals surface area (Å²) in [4.78, 5) is 10.9. The van der Waals surface area contributed by atoms with E-state index in [-0.39, 0.29) is 9.36 Å². The molecule has 7 nitrogen and oxygen atoms in total. The van der Waals surface area contributed by atoms with Gasteiger partial charge in [-0.05, 0) is 22.9 Å². The van der Waals surface area contributed by atoms with Crippen molar-refractivity contribution in [3.8, 4) is 0 Å². The SMILES string of the molecule is NC(=O)C(CO)N(O)S(=O)(=O)c1ccc2ccccc2c1. The van der Waals surface area contributed by atoms with Crippen LogP contribution < -0.4 is 5.73 Å². The van der Waals surface area contributed by atoms with Gasteiger partial charge in [-0.3, -0.25) is 10.0 Å². The third-order valence-electron chi connectivity index (χ3n) is 3.03. The van der Waals surface area contributed by atoms with Crippen LogP contribution in [-0.2, 0) is 14.8 Å². The Morgan fingerprint density at radius 1 is 1.19 bits per heavy atom. The van der Waals surface area contributed by atoms with Crippen LogP contribution in [0.2, 0.25) is 0 Å². The number of rotatable bonds is 5. The monoisotopic (exact) mass is 310 g/mol. The zero-order chi connectivity index (χ0) is 15.6. The molecular formula is C13H14N2O5S. The molecule has 1 amide bonds. The fourth-order valence-electron chi connectivity index (χ4n) is 1.87. The Bertz CT molecular complexity index is 775. The summed E-state index contributed by atoms with van der Waals surface area (Å²) in [6, 6.07) is 9.59. The quantitative estimate of drug-likeness (QED) is 0.675. The first kappa shape index (κ1) is 15.4. The van der Waals surface area contributed by atoms with Crippen molar-refractivity contribution in [1.29, 1.82) is 0 Å². The minimum Gasteiger partial charge on any atom is -0.394 e. The number of benzene rings is 2. The number of nitrogens with zero attached hydrogens (tertiary/aromatic N) is 1. The average Bonchev–Trinajstić information content (AvgIpc) is 2.46. The minimum absolute atomic E-state index is 0.205. The van der Waals surface area contributed by atoms with E-state index in [0.717, 1.165) is 5.39 Å². The predicted octanol–water partition coefficient (Wildman–Crippen LogP) is 0.0659. The number of amides is 1. The Hall–Kier alpha value is -2.00. The maximum absolute atomic E-state index is 12.2. The zero-order valence-electron chi connectivity index (χ0n) is 10.9. The first-order valence-electron chi connectivity index (χ1n) is 6.00. The molecule has 0 spiro atoms. The first-order chi connectivity index (χ1) is 9.87. The van der Waals surface area contributed by atoms with Gasteiger partial charge < -0.3 is 10.8 Å². The number of carbonyl (C=O) groups excluding carboxylic acids is 1. The summed E-state index contributed by atoms with van der Waals surface area (Å²) in [7, 11) is -4.36. The molecular weight excluding hydrogens is 296 g/mol. The zero-order valence-corrected chi connectivity index (χ0v) is 11.7. The molecule has 0 bridgehead atoms. The van der Waals surface area contributed by atoms with Crippen LogP contribution in [0.25, 0.3) is 10.8 Å². The van der Waals surface area contributed by atoms with Gasteiger partial charge >= 0.3 is 0 Å². The number of fused-ring (bicyclic) bond motifs is 1. The topological polar surface area (TPSA) is 121 Å². The number of hydrogen-bond donors (Lipinski definition) is 3. The maximum atomic E-state index is 12.2. The number of aliphatic hydroxyl groups is 1. The number of aliphatic hydroxyl groups excluding tert-OH is 1. The average molecular weight is 310 g/mol. The smallest absolute Gasteiger partial charge is 0.265 e. The van der Waals surface area contributed by atoms with Gasteiger partial charge in [0.2, 0.25) is 5.91 Å². The molecule has 2 aromatic rings. The highest BCUT2D eigenvalue weighted by molar-refractivity contribution is 7.89.